The predicted octanol–water partition coefficient (Wildman–Crippen LogP) is 4.28. The van der Waals surface area contributed by atoms with Gasteiger partial charge in [-0.05, 0) is 43.2 Å². The normalized spacial score (nSPS) is 13.1. The van der Waals surface area contributed by atoms with Crippen LogP contribution in [0.5, 0.6) is 0 Å². The zero-order valence-corrected chi connectivity index (χ0v) is 14.5. The van der Waals surface area contributed by atoms with Crippen molar-refractivity contribution in [1.29, 1.82) is 0 Å². The van der Waals surface area contributed by atoms with Crippen LogP contribution in [0.15, 0.2) is 47.1 Å². The highest BCUT2D eigenvalue weighted by atomic mass is 19.1. The quantitative estimate of drug-likeness (QED) is 0.736. The molecule has 2 aromatic carbocycles. The highest BCUT2D eigenvalue weighted by Gasteiger charge is 2.24. The molecule has 3 aromatic rings. The molecular weight excluding hydrogens is 333 g/mol. The van der Waals surface area contributed by atoms with E-state index in [2.05, 4.69) is 10.6 Å². The fourth-order valence-electron chi connectivity index (χ4n) is 3.37. The second kappa shape index (κ2) is 6.71. The van der Waals surface area contributed by atoms with Crippen molar-refractivity contribution in [2.75, 3.05) is 23.3 Å². The summed E-state index contributed by atoms with van der Waals surface area (Å²) >= 11 is 0. The molecule has 2 amide bonds. The highest BCUT2D eigenvalue weighted by Crippen LogP contribution is 2.31. The third-order valence-corrected chi connectivity index (χ3v) is 4.68. The van der Waals surface area contributed by atoms with Crippen molar-refractivity contribution in [3.8, 4) is 0 Å². The number of carbonyl (C=O) groups excluding carboxylic acids is 1. The van der Waals surface area contributed by atoms with Crippen molar-refractivity contribution in [1.82, 2.24) is 5.32 Å². The highest BCUT2D eigenvalue weighted by molar-refractivity contribution is 5.94. The fourth-order valence-corrected chi connectivity index (χ4v) is 3.37. The van der Waals surface area contributed by atoms with Gasteiger partial charge in [0.2, 0.25) is 0 Å². The van der Waals surface area contributed by atoms with E-state index >= 15 is 0 Å². The zero-order valence-electron chi connectivity index (χ0n) is 14.5. The first kappa shape index (κ1) is 16.4. The molecule has 2 N–H and O–H groups in total. The lowest BCUT2D eigenvalue weighted by atomic mass is 10.1. The molecule has 1 aliphatic rings. The number of anilines is 2. The number of carbonyl (C=O) groups is 1. The SMILES string of the molecule is CCNC(=O)N1CCc2ccc(NCc3ccc(F)c4ccoc34)cc21. The Morgan fingerprint density at radius 2 is 2.15 bits per heavy atom. The number of rotatable bonds is 4. The minimum Gasteiger partial charge on any atom is -0.464 e. The van der Waals surface area contributed by atoms with E-state index in [-0.39, 0.29) is 11.8 Å². The molecule has 0 saturated carbocycles. The number of nitrogens with zero attached hydrogens (tertiary/aromatic N) is 1. The maximum absolute atomic E-state index is 13.8. The first-order valence-corrected chi connectivity index (χ1v) is 8.74. The molecule has 26 heavy (non-hydrogen) atoms. The Morgan fingerprint density at radius 1 is 1.27 bits per heavy atom. The molecule has 6 heteroatoms. The molecular formula is C20H20FN3O2. The molecule has 1 aromatic heterocycles. The molecule has 0 fully saturated rings. The van der Waals surface area contributed by atoms with Crippen molar-refractivity contribution in [3.63, 3.8) is 0 Å². The van der Waals surface area contributed by atoms with Crippen molar-refractivity contribution < 1.29 is 13.6 Å². The van der Waals surface area contributed by atoms with Gasteiger partial charge in [-0.1, -0.05) is 12.1 Å². The first-order chi connectivity index (χ1) is 12.7. The van der Waals surface area contributed by atoms with E-state index in [1.54, 1.807) is 17.0 Å². The van der Waals surface area contributed by atoms with Crippen LogP contribution in [-0.4, -0.2) is 19.1 Å². The Morgan fingerprint density at radius 3 is 3.00 bits per heavy atom. The minimum atomic E-state index is -0.285. The van der Waals surface area contributed by atoms with E-state index in [0.29, 0.717) is 30.6 Å². The molecule has 0 aliphatic carbocycles. The monoisotopic (exact) mass is 353 g/mol. The van der Waals surface area contributed by atoms with Crippen LogP contribution in [0.4, 0.5) is 20.6 Å². The van der Waals surface area contributed by atoms with Gasteiger partial charge in [-0.2, -0.15) is 0 Å². The Bertz CT molecular complexity index is 967. The summed E-state index contributed by atoms with van der Waals surface area (Å²) in [6, 6.07) is 10.8. The smallest absolute Gasteiger partial charge is 0.321 e. The van der Waals surface area contributed by atoms with E-state index in [9.17, 15) is 9.18 Å². The third kappa shape index (κ3) is 2.87. The average molecular weight is 353 g/mol. The number of hydrogen-bond donors (Lipinski definition) is 2. The standard InChI is InChI=1S/C20H20FN3O2/c1-2-22-20(25)24-9-7-13-3-5-15(11-18(13)24)23-12-14-4-6-17(21)16-8-10-26-19(14)16/h3-6,8,10-11,23H,2,7,9,12H2,1H3,(H,22,25). The summed E-state index contributed by atoms with van der Waals surface area (Å²) in [7, 11) is 0. The maximum Gasteiger partial charge on any atom is 0.321 e. The number of amides is 2. The van der Waals surface area contributed by atoms with Gasteiger partial charge < -0.3 is 15.1 Å². The van der Waals surface area contributed by atoms with E-state index in [1.807, 2.05) is 25.1 Å². The largest absolute Gasteiger partial charge is 0.464 e. The van der Waals surface area contributed by atoms with E-state index in [4.69, 9.17) is 4.42 Å². The minimum absolute atomic E-state index is 0.0702. The lowest BCUT2D eigenvalue weighted by molar-refractivity contribution is 0.247. The van der Waals surface area contributed by atoms with Crippen LogP contribution in [-0.2, 0) is 13.0 Å². The van der Waals surface area contributed by atoms with Crippen LogP contribution >= 0.6 is 0 Å². The van der Waals surface area contributed by atoms with Crippen molar-refractivity contribution in [2.45, 2.75) is 19.9 Å². The summed E-state index contributed by atoms with van der Waals surface area (Å²) in [4.78, 5) is 14.0. The Balaban J connectivity index is 1.54. The lowest BCUT2D eigenvalue weighted by Gasteiger charge is -2.18. The molecule has 4 rings (SSSR count). The van der Waals surface area contributed by atoms with Crippen LogP contribution in [0, 0.1) is 5.82 Å². The third-order valence-electron chi connectivity index (χ3n) is 4.68. The van der Waals surface area contributed by atoms with E-state index < -0.39 is 0 Å². The number of nitrogens with one attached hydrogen (secondary N) is 2. The van der Waals surface area contributed by atoms with Gasteiger partial charge >= 0.3 is 6.03 Å². The van der Waals surface area contributed by atoms with E-state index in [1.165, 1.54) is 12.3 Å². The van der Waals surface area contributed by atoms with Crippen molar-refractivity contribution in [2.24, 2.45) is 0 Å². The zero-order chi connectivity index (χ0) is 18.1. The molecule has 134 valence electrons. The van der Waals surface area contributed by atoms with Gasteiger partial charge in [-0.15, -0.1) is 0 Å². The number of furan rings is 1. The number of halogens is 1. The molecule has 0 spiro atoms. The molecule has 0 atom stereocenters. The number of hydrogen-bond acceptors (Lipinski definition) is 3. The number of fused-ring (bicyclic) bond motifs is 2. The maximum atomic E-state index is 13.8. The Kier molecular flexibility index (Phi) is 4.24. The molecule has 1 aliphatic heterocycles. The molecule has 0 unspecified atom stereocenters. The van der Waals surface area contributed by atoms with Crippen LogP contribution in [0.3, 0.4) is 0 Å². The summed E-state index contributed by atoms with van der Waals surface area (Å²) in [6.07, 6.45) is 2.36. The van der Waals surface area contributed by atoms with Crippen molar-refractivity contribution in [3.05, 3.63) is 59.6 Å². The topological polar surface area (TPSA) is 57.5 Å². The lowest BCUT2D eigenvalue weighted by Crippen LogP contribution is -2.38. The van der Waals surface area contributed by atoms with Crippen LogP contribution in [0.2, 0.25) is 0 Å². The van der Waals surface area contributed by atoms with Gasteiger partial charge in [0, 0.05) is 30.9 Å². The second-order valence-corrected chi connectivity index (χ2v) is 6.30. The van der Waals surface area contributed by atoms with Gasteiger partial charge in [0.1, 0.15) is 11.4 Å². The Hall–Kier alpha value is -3.02. The Labute approximate surface area is 150 Å². The van der Waals surface area contributed by atoms with E-state index in [0.717, 1.165) is 28.9 Å². The van der Waals surface area contributed by atoms with Gasteiger partial charge in [0.15, 0.2) is 0 Å². The summed E-state index contributed by atoms with van der Waals surface area (Å²) in [5, 5.41) is 6.68. The number of urea groups is 1. The van der Waals surface area contributed by atoms with Gasteiger partial charge in [-0.3, -0.25) is 4.90 Å². The fraction of sp³-hybridized carbons (Fsp3) is 0.250. The first-order valence-electron chi connectivity index (χ1n) is 8.74. The van der Waals surface area contributed by atoms with Crippen molar-refractivity contribution >= 4 is 28.4 Å². The molecule has 2 heterocycles. The molecule has 0 bridgehead atoms. The predicted molar refractivity (Wildman–Crippen MR) is 100 cm³/mol. The summed E-state index contributed by atoms with van der Waals surface area (Å²) in [5.74, 6) is -0.285. The van der Waals surface area contributed by atoms with Crippen LogP contribution in [0.25, 0.3) is 11.0 Å². The number of benzene rings is 2. The van der Waals surface area contributed by atoms with Gasteiger partial charge in [0.05, 0.1) is 17.3 Å². The van der Waals surface area contributed by atoms with Crippen LogP contribution in [0.1, 0.15) is 18.1 Å². The van der Waals surface area contributed by atoms with Gasteiger partial charge in [-0.25, -0.2) is 9.18 Å². The molecule has 0 saturated heterocycles. The molecule has 0 radical (unpaired) electrons. The summed E-state index contributed by atoms with van der Waals surface area (Å²) in [5.41, 5.74) is 4.44. The summed E-state index contributed by atoms with van der Waals surface area (Å²) < 4.78 is 19.2. The second-order valence-electron chi connectivity index (χ2n) is 6.30. The van der Waals surface area contributed by atoms with Gasteiger partial charge in [0.25, 0.3) is 0 Å². The average Bonchev–Trinajstić information content (AvgIpc) is 3.29. The molecule has 5 nitrogen and oxygen atoms in total. The van der Waals surface area contributed by atoms with Crippen LogP contribution < -0.4 is 15.5 Å². The summed E-state index contributed by atoms with van der Waals surface area (Å²) in [6.45, 7) is 3.71.